The summed E-state index contributed by atoms with van der Waals surface area (Å²) in [7, 11) is 0. The van der Waals surface area contributed by atoms with Crippen LogP contribution in [0.4, 0.5) is 5.82 Å². The maximum Gasteiger partial charge on any atom is 0.314 e. The Morgan fingerprint density at radius 3 is 2.67 bits per heavy atom. The average molecular weight is 493 g/mol. The molecular formula is C28H36N4O4. The first-order chi connectivity index (χ1) is 17.3. The van der Waals surface area contributed by atoms with E-state index in [9.17, 15) is 4.79 Å². The second kappa shape index (κ2) is 11.6. The highest BCUT2D eigenvalue weighted by molar-refractivity contribution is 6.00. The van der Waals surface area contributed by atoms with Crippen LogP contribution in [-0.2, 0) is 11.2 Å². The third kappa shape index (κ3) is 7.37. The Morgan fingerprint density at radius 2 is 1.89 bits per heavy atom. The van der Waals surface area contributed by atoms with E-state index in [1.807, 2.05) is 58.0 Å². The maximum absolute atomic E-state index is 12.7. The van der Waals surface area contributed by atoms with Crippen molar-refractivity contribution in [1.29, 1.82) is 0 Å². The largest absolute Gasteiger partial charge is 0.491 e. The van der Waals surface area contributed by atoms with Crippen LogP contribution in [0.25, 0.3) is 11.1 Å². The standard InChI is InChI=1S/C28H36N4O4/c1-19-10-11-22(34-14-15-35-28(2,3)4)18-23(19)21-12-13-29-24(17-21)30-26(33)27-32-31-25(36-27)16-20-8-6-5-7-9-20/h10-13,17-18,20H,5-9,14-16H2,1-4H3,(H,29,30,33). The normalized spacial score (nSPS) is 14.6. The van der Waals surface area contributed by atoms with Crippen molar-refractivity contribution in [3.63, 3.8) is 0 Å². The van der Waals surface area contributed by atoms with Crippen LogP contribution in [0.15, 0.2) is 40.9 Å². The molecule has 1 saturated carbocycles. The summed E-state index contributed by atoms with van der Waals surface area (Å²) in [6, 6.07) is 9.68. The number of nitrogens with one attached hydrogen (secondary N) is 1. The molecule has 4 rings (SSSR count). The number of carbonyl (C=O) groups is 1. The number of pyridine rings is 1. The molecule has 0 bridgehead atoms. The van der Waals surface area contributed by atoms with Crippen LogP contribution in [-0.4, -0.2) is 39.9 Å². The molecule has 2 aromatic heterocycles. The molecule has 192 valence electrons. The van der Waals surface area contributed by atoms with E-state index in [-0.39, 0.29) is 11.5 Å². The third-order valence-corrected chi connectivity index (χ3v) is 6.26. The van der Waals surface area contributed by atoms with Gasteiger partial charge in [0.05, 0.1) is 12.2 Å². The molecule has 2 heterocycles. The molecule has 1 fully saturated rings. The first kappa shape index (κ1) is 25.8. The zero-order valence-electron chi connectivity index (χ0n) is 21.7. The van der Waals surface area contributed by atoms with Gasteiger partial charge in [-0.1, -0.05) is 25.3 Å². The number of hydrogen-bond acceptors (Lipinski definition) is 7. The number of anilines is 1. The van der Waals surface area contributed by atoms with Crippen molar-refractivity contribution in [2.24, 2.45) is 5.92 Å². The molecule has 1 N–H and O–H groups in total. The SMILES string of the molecule is Cc1ccc(OCCOC(C)(C)C)cc1-c1ccnc(NC(=O)c2nnc(CC3CCCCC3)o2)c1. The van der Waals surface area contributed by atoms with Gasteiger partial charge in [-0.3, -0.25) is 4.79 Å². The summed E-state index contributed by atoms with van der Waals surface area (Å²) in [5.74, 6) is 1.74. The fourth-order valence-electron chi connectivity index (χ4n) is 4.41. The lowest BCUT2D eigenvalue weighted by Crippen LogP contribution is -2.22. The monoisotopic (exact) mass is 492 g/mol. The first-order valence-electron chi connectivity index (χ1n) is 12.7. The van der Waals surface area contributed by atoms with E-state index in [0.29, 0.717) is 30.8 Å². The van der Waals surface area contributed by atoms with E-state index in [0.717, 1.165) is 28.9 Å². The maximum atomic E-state index is 12.7. The van der Waals surface area contributed by atoms with E-state index in [1.54, 1.807) is 6.20 Å². The predicted molar refractivity (Wildman–Crippen MR) is 138 cm³/mol. The zero-order valence-corrected chi connectivity index (χ0v) is 21.7. The molecule has 0 saturated heterocycles. The molecule has 0 atom stereocenters. The molecule has 36 heavy (non-hydrogen) atoms. The Bertz CT molecular complexity index is 1160. The molecule has 1 aromatic carbocycles. The third-order valence-electron chi connectivity index (χ3n) is 6.26. The molecule has 1 aliphatic carbocycles. The highest BCUT2D eigenvalue weighted by atomic mass is 16.5. The van der Waals surface area contributed by atoms with Crippen molar-refractivity contribution < 1.29 is 18.7 Å². The highest BCUT2D eigenvalue weighted by Gasteiger charge is 2.20. The van der Waals surface area contributed by atoms with Gasteiger partial charge in [-0.25, -0.2) is 4.98 Å². The van der Waals surface area contributed by atoms with Gasteiger partial charge in [0.1, 0.15) is 18.2 Å². The van der Waals surface area contributed by atoms with Gasteiger partial charge in [0.25, 0.3) is 0 Å². The minimum Gasteiger partial charge on any atom is -0.491 e. The Labute approximate surface area is 212 Å². The van der Waals surface area contributed by atoms with Crippen LogP contribution in [0.1, 0.15) is 75.0 Å². The molecule has 8 nitrogen and oxygen atoms in total. The van der Waals surface area contributed by atoms with Crippen LogP contribution < -0.4 is 10.1 Å². The van der Waals surface area contributed by atoms with Crippen LogP contribution in [0.3, 0.4) is 0 Å². The van der Waals surface area contributed by atoms with Crippen LogP contribution in [0.5, 0.6) is 5.75 Å². The van der Waals surface area contributed by atoms with Crippen LogP contribution in [0.2, 0.25) is 0 Å². The topological polar surface area (TPSA) is 99.4 Å². The van der Waals surface area contributed by atoms with E-state index in [4.69, 9.17) is 13.9 Å². The average Bonchev–Trinajstić information content (AvgIpc) is 3.32. The van der Waals surface area contributed by atoms with Gasteiger partial charge in [0.2, 0.25) is 5.89 Å². The molecule has 8 heteroatoms. The van der Waals surface area contributed by atoms with Crippen LogP contribution >= 0.6 is 0 Å². The van der Waals surface area contributed by atoms with Crippen molar-refractivity contribution >= 4 is 11.7 Å². The fraction of sp³-hybridized carbons (Fsp3) is 0.500. The van der Waals surface area contributed by atoms with Crippen molar-refractivity contribution in [3.05, 3.63) is 53.9 Å². The summed E-state index contributed by atoms with van der Waals surface area (Å²) < 4.78 is 17.3. The summed E-state index contributed by atoms with van der Waals surface area (Å²) in [5.41, 5.74) is 2.80. The number of aromatic nitrogens is 3. The molecule has 0 aliphatic heterocycles. The van der Waals surface area contributed by atoms with Crippen molar-refractivity contribution in [1.82, 2.24) is 15.2 Å². The number of aryl methyl sites for hydroxylation is 1. The summed E-state index contributed by atoms with van der Waals surface area (Å²) in [5, 5.41) is 10.8. The lowest BCUT2D eigenvalue weighted by molar-refractivity contribution is -0.0163. The van der Waals surface area contributed by atoms with Crippen molar-refractivity contribution in [3.8, 4) is 16.9 Å². The molecule has 3 aromatic rings. The number of benzene rings is 1. The summed E-state index contributed by atoms with van der Waals surface area (Å²) >= 11 is 0. The van der Waals surface area contributed by atoms with E-state index in [1.165, 1.54) is 32.1 Å². The lowest BCUT2D eigenvalue weighted by Gasteiger charge is -2.19. The van der Waals surface area contributed by atoms with E-state index in [2.05, 4.69) is 20.5 Å². The lowest BCUT2D eigenvalue weighted by atomic mass is 9.87. The summed E-state index contributed by atoms with van der Waals surface area (Å²) in [6.45, 7) is 9.07. The van der Waals surface area contributed by atoms with Gasteiger partial charge in [-0.15, -0.1) is 10.2 Å². The fourth-order valence-corrected chi connectivity index (χ4v) is 4.41. The second-order valence-corrected chi connectivity index (χ2v) is 10.4. The second-order valence-electron chi connectivity index (χ2n) is 10.4. The number of hydrogen-bond donors (Lipinski definition) is 1. The van der Waals surface area contributed by atoms with Gasteiger partial charge in [-0.05, 0) is 87.4 Å². The van der Waals surface area contributed by atoms with Crippen molar-refractivity contribution in [2.45, 2.75) is 71.8 Å². The molecule has 1 aliphatic rings. The number of amides is 1. The number of carbonyl (C=O) groups excluding carboxylic acids is 1. The molecule has 0 spiro atoms. The Kier molecular flexibility index (Phi) is 8.36. The molecule has 0 radical (unpaired) electrons. The minimum atomic E-state index is -0.463. The number of rotatable bonds is 9. The Morgan fingerprint density at radius 1 is 1.08 bits per heavy atom. The quantitative estimate of drug-likeness (QED) is 0.365. The Balaban J connectivity index is 1.39. The number of nitrogens with zero attached hydrogens (tertiary/aromatic N) is 3. The van der Waals surface area contributed by atoms with E-state index < -0.39 is 5.91 Å². The zero-order chi connectivity index (χ0) is 25.5. The van der Waals surface area contributed by atoms with Crippen LogP contribution in [0, 0.1) is 12.8 Å². The number of ether oxygens (including phenoxy) is 2. The van der Waals surface area contributed by atoms with Gasteiger partial charge >= 0.3 is 11.8 Å². The molecule has 0 unspecified atom stereocenters. The molecular weight excluding hydrogens is 456 g/mol. The Hall–Kier alpha value is -3.26. The van der Waals surface area contributed by atoms with Crippen molar-refractivity contribution in [2.75, 3.05) is 18.5 Å². The van der Waals surface area contributed by atoms with Gasteiger partial charge in [0, 0.05) is 12.6 Å². The van der Waals surface area contributed by atoms with E-state index >= 15 is 0 Å². The summed E-state index contributed by atoms with van der Waals surface area (Å²) in [6.07, 6.45) is 8.53. The summed E-state index contributed by atoms with van der Waals surface area (Å²) in [4.78, 5) is 17.0. The van der Waals surface area contributed by atoms with Gasteiger partial charge < -0.3 is 19.2 Å². The smallest absolute Gasteiger partial charge is 0.314 e. The molecule has 1 amide bonds. The minimum absolute atomic E-state index is 0.0444. The van der Waals surface area contributed by atoms with Gasteiger partial charge in [0.15, 0.2) is 0 Å². The first-order valence-corrected chi connectivity index (χ1v) is 12.7. The highest BCUT2D eigenvalue weighted by Crippen LogP contribution is 2.29. The predicted octanol–water partition coefficient (Wildman–Crippen LogP) is 6.01. The van der Waals surface area contributed by atoms with Gasteiger partial charge in [-0.2, -0.15) is 0 Å².